The first kappa shape index (κ1) is 14.5. The number of nitrogens with one attached hydrogen (secondary N) is 2. The van der Waals surface area contributed by atoms with Gasteiger partial charge in [-0.3, -0.25) is 4.99 Å². The molecule has 0 aliphatic carbocycles. The summed E-state index contributed by atoms with van der Waals surface area (Å²) in [6, 6.07) is 2.12. The smallest absolute Gasteiger partial charge is 0.228 e. The van der Waals surface area contributed by atoms with Crippen LogP contribution in [-0.2, 0) is 13.0 Å². The summed E-state index contributed by atoms with van der Waals surface area (Å²) in [5, 5.41) is 12.4. The molecule has 0 saturated heterocycles. The van der Waals surface area contributed by atoms with Crippen molar-refractivity contribution in [3.05, 3.63) is 33.6 Å². The summed E-state index contributed by atoms with van der Waals surface area (Å²) in [6.45, 7) is 5.40. The summed E-state index contributed by atoms with van der Waals surface area (Å²) in [5.41, 5.74) is 1.30. The molecule has 0 fully saturated rings. The predicted molar refractivity (Wildman–Crippen MR) is 80.0 cm³/mol. The number of thiophene rings is 1. The Morgan fingerprint density at radius 2 is 2.25 bits per heavy atom. The molecule has 0 atom stereocenters. The Hall–Kier alpha value is -1.89. The Morgan fingerprint density at radius 3 is 2.85 bits per heavy atom. The highest BCUT2D eigenvalue weighted by atomic mass is 32.1. The molecule has 0 aliphatic heterocycles. The molecule has 2 N–H and O–H groups in total. The van der Waals surface area contributed by atoms with Gasteiger partial charge in [0.2, 0.25) is 5.89 Å². The first-order chi connectivity index (χ1) is 9.69. The molecule has 2 rings (SSSR count). The second-order valence-corrected chi connectivity index (χ2v) is 5.37. The average Bonchev–Trinajstić information content (AvgIpc) is 3.03. The van der Waals surface area contributed by atoms with E-state index < -0.39 is 0 Å². The lowest BCUT2D eigenvalue weighted by molar-refractivity contribution is 0.374. The van der Waals surface area contributed by atoms with Crippen LogP contribution >= 0.6 is 11.3 Å². The molecule has 0 amide bonds. The van der Waals surface area contributed by atoms with Gasteiger partial charge in [0.25, 0.3) is 0 Å². The highest BCUT2D eigenvalue weighted by Crippen LogP contribution is 2.14. The zero-order chi connectivity index (χ0) is 14.4. The number of guanidine groups is 1. The third-order valence-electron chi connectivity index (χ3n) is 2.81. The maximum absolute atomic E-state index is 5.05. The fraction of sp³-hybridized carbons (Fsp3) is 0.462. The normalized spacial score (nSPS) is 11.7. The molecule has 2 heterocycles. The fourth-order valence-corrected chi connectivity index (χ4v) is 2.55. The number of rotatable bonds is 5. The van der Waals surface area contributed by atoms with Crippen LogP contribution in [0.4, 0.5) is 0 Å². The van der Waals surface area contributed by atoms with E-state index in [0.29, 0.717) is 24.7 Å². The van der Waals surface area contributed by atoms with Crippen LogP contribution in [0.5, 0.6) is 0 Å². The van der Waals surface area contributed by atoms with Crippen LogP contribution in [0.25, 0.3) is 0 Å². The van der Waals surface area contributed by atoms with Gasteiger partial charge < -0.3 is 15.2 Å². The van der Waals surface area contributed by atoms with E-state index in [1.54, 1.807) is 18.4 Å². The molecule has 0 bridgehead atoms. The van der Waals surface area contributed by atoms with Gasteiger partial charge in [-0.15, -0.1) is 11.3 Å². The van der Waals surface area contributed by atoms with E-state index in [1.807, 2.05) is 6.92 Å². The molecular formula is C13H19N5OS. The molecule has 2 aromatic rings. The van der Waals surface area contributed by atoms with Crippen LogP contribution in [0.3, 0.4) is 0 Å². The van der Waals surface area contributed by atoms with E-state index in [1.165, 1.54) is 10.4 Å². The first-order valence-corrected chi connectivity index (χ1v) is 7.33. The van der Waals surface area contributed by atoms with Gasteiger partial charge in [0, 0.05) is 24.9 Å². The Balaban J connectivity index is 1.74. The molecule has 0 unspecified atom stereocenters. The number of aryl methyl sites for hydroxylation is 2. The Labute approximate surface area is 122 Å². The second-order valence-electron chi connectivity index (χ2n) is 4.36. The van der Waals surface area contributed by atoms with Gasteiger partial charge in [-0.25, -0.2) is 0 Å². The summed E-state index contributed by atoms with van der Waals surface area (Å²) < 4.78 is 5.05. The van der Waals surface area contributed by atoms with E-state index in [4.69, 9.17) is 4.52 Å². The summed E-state index contributed by atoms with van der Waals surface area (Å²) >= 11 is 1.75. The predicted octanol–water partition coefficient (Wildman–Crippen LogP) is 1.66. The van der Waals surface area contributed by atoms with Crippen LogP contribution in [-0.4, -0.2) is 29.7 Å². The molecule has 2 aromatic heterocycles. The number of hydrogen-bond acceptors (Lipinski definition) is 5. The van der Waals surface area contributed by atoms with Crippen LogP contribution in [0.15, 0.2) is 21.0 Å². The molecule has 0 spiro atoms. The summed E-state index contributed by atoms with van der Waals surface area (Å²) in [5.74, 6) is 2.07. The van der Waals surface area contributed by atoms with Crippen molar-refractivity contribution in [3.8, 4) is 0 Å². The lowest BCUT2D eigenvalue weighted by Crippen LogP contribution is -2.37. The largest absolute Gasteiger partial charge is 0.356 e. The zero-order valence-electron chi connectivity index (χ0n) is 11.9. The average molecular weight is 293 g/mol. The van der Waals surface area contributed by atoms with Crippen LogP contribution in [0.2, 0.25) is 0 Å². The van der Waals surface area contributed by atoms with Gasteiger partial charge in [0.05, 0.1) is 6.54 Å². The zero-order valence-corrected chi connectivity index (χ0v) is 12.8. The van der Waals surface area contributed by atoms with Crippen LogP contribution < -0.4 is 10.6 Å². The number of hydrogen-bond donors (Lipinski definition) is 2. The molecule has 0 saturated carbocycles. The van der Waals surface area contributed by atoms with E-state index in [-0.39, 0.29) is 0 Å². The SMILES string of the molecule is CN=C(NCCc1nc(C)no1)NCc1sccc1C. The van der Waals surface area contributed by atoms with Crippen LogP contribution in [0.1, 0.15) is 22.2 Å². The van der Waals surface area contributed by atoms with E-state index in [9.17, 15) is 0 Å². The van der Waals surface area contributed by atoms with E-state index in [2.05, 4.69) is 44.1 Å². The third-order valence-corrected chi connectivity index (χ3v) is 3.83. The van der Waals surface area contributed by atoms with Crippen molar-refractivity contribution in [2.75, 3.05) is 13.6 Å². The molecule has 7 heteroatoms. The van der Waals surface area contributed by atoms with Crippen molar-refractivity contribution < 1.29 is 4.52 Å². The van der Waals surface area contributed by atoms with Gasteiger partial charge in [-0.1, -0.05) is 5.16 Å². The van der Waals surface area contributed by atoms with Gasteiger partial charge in [0.15, 0.2) is 11.8 Å². The minimum Gasteiger partial charge on any atom is -0.356 e. The third kappa shape index (κ3) is 4.06. The highest BCUT2D eigenvalue weighted by Gasteiger charge is 2.04. The minimum atomic E-state index is 0.638. The second kappa shape index (κ2) is 7.04. The topological polar surface area (TPSA) is 75.3 Å². The maximum atomic E-state index is 5.05. The van der Waals surface area contributed by atoms with E-state index >= 15 is 0 Å². The van der Waals surface area contributed by atoms with Crippen molar-refractivity contribution in [2.24, 2.45) is 4.99 Å². The van der Waals surface area contributed by atoms with Crippen LogP contribution in [0, 0.1) is 13.8 Å². The van der Waals surface area contributed by atoms with Gasteiger partial charge >= 0.3 is 0 Å². The summed E-state index contributed by atoms with van der Waals surface area (Å²) in [6.07, 6.45) is 0.680. The molecule has 0 aromatic carbocycles. The molecule has 0 aliphatic rings. The summed E-state index contributed by atoms with van der Waals surface area (Å²) in [4.78, 5) is 9.66. The molecule has 108 valence electrons. The standard InChI is InChI=1S/C13H19N5OS/c1-9-5-7-20-11(9)8-16-13(14-3)15-6-4-12-17-10(2)18-19-12/h5,7H,4,6,8H2,1-3H3,(H2,14,15,16). The molecule has 0 radical (unpaired) electrons. The Morgan fingerprint density at radius 1 is 1.40 bits per heavy atom. The maximum Gasteiger partial charge on any atom is 0.228 e. The molecule has 20 heavy (non-hydrogen) atoms. The van der Waals surface area contributed by atoms with E-state index in [0.717, 1.165) is 12.5 Å². The van der Waals surface area contributed by atoms with Crippen molar-refractivity contribution in [2.45, 2.75) is 26.8 Å². The number of aliphatic imine (C=N–C) groups is 1. The van der Waals surface area contributed by atoms with Gasteiger partial charge in [-0.2, -0.15) is 4.98 Å². The highest BCUT2D eigenvalue weighted by molar-refractivity contribution is 7.10. The lowest BCUT2D eigenvalue weighted by Gasteiger charge is -2.10. The minimum absolute atomic E-state index is 0.638. The lowest BCUT2D eigenvalue weighted by atomic mass is 10.3. The first-order valence-electron chi connectivity index (χ1n) is 6.45. The van der Waals surface area contributed by atoms with Crippen molar-refractivity contribution in [1.29, 1.82) is 0 Å². The number of nitrogens with zero attached hydrogens (tertiary/aromatic N) is 3. The van der Waals surface area contributed by atoms with Gasteiger partial charge in [0.1, 0.15) is 0 Å². The molecular weight excluding hydrogens is 274 g/mol. The Kier molecular flexibility index (Phi) is 5.11. The molecule has 6 nitrogen and oxygen atoms in total. The number of aromatic nitrogens is 2. The quantitative estimate of drug-likeness (QED) is 0.647. The van der Waals surface area contributed by atoms with Crippen molar-refractivity contribution in [3.63, 3.8) is 0 Å². The van der Waals surface area contributed by atoms with Crippen molar-refractivity contribution in [1.82, 2.24) is 20.8 Å². The Bertz CT molecular complexity index is 575. The summed E-state index contributed by atoms with van der Waals surface area (Å²) in [7, 11) is 1.76. The fourth-order valence-electron chi connectivity index (χ4n) is 1.70. The van der Waals surface area contributed by atoms with Crippen molar-refractivity contribution >= 4 is 17.3 Å². The van der Waals surface area contributed by atoms with Gasteiger partial charge in [-0.05, 0) is 30.9 Å². The monoisotopic (exact) mass is 293 g/mol.